The zero-order valence-electron chi connectivity index (χ0n) is 7.77. The van der Waals surface area contributed by atoms with E-state index in [0.29, 0.717) is 0 Å². The van der Waals surface area contributed by atoms with Crippen molar-refractivity contribution in [3.8, 4) is 0 Å². The second-order valence-electron chi connectivity index (χ2n) is 1.59. The number of hydrogen-bond acceptors (Lipinski definition) is 9. The van der Waals surface area contributed by atoms with Crippen LogP contribution < -0.4 is 15.3 Å². The molecule has 9 nitrogen and oxygen atoms in total. The second kappa shape index (κ2) is 19.5. The van der Waals surface area contributed by atoms with Gasteiger partial charge in [0.2, 0.25) is 0 Å². The quantitative estimate of drug-likeness (QED) is 0.403. The summed E-state index contributed by atoms with van der Waals surface area (Å²) in [4.78, 5) is 27.0. The molecule has 0 aromatic rings. The summed E-state index contributed by atoms with van der Waals surface area (Å²) in [6.45, 7) is -2.67. The fraction of sp³-hybridized carbons (Fsp3) is 0.500. The van der Waals surface area contributed by atoms with E-state index in [4.69, 9.17) is 45.0 Å². The average molecular weight is 415 g/mol. The molecule has 0 aliphatic rings. The van der Waals surface area contributed by atoms with Gasteiger partial charge in [-0.1, -0.05) is 0 Å². The predicted octanol–water partition coefficient (Wildman–Crippen LogP) is -6.82. The van der Waals surface area contributed by atoms with Gasteiger partial charge >= 0.3 is 0 Å². The Labute approximate surface area is 103 Å². The van der Waals surface area contributed by atoms with Crippen LogP contribution in [0, 0.1) is 0 Å². The maximum atomic E-state index is 9.01. The molecular formula is C6H9O9Os-3. The van der Waals surface area contributed by atoms with Crippen LogP contribution in [0.1, 0.15) is 0 Å². The summed E-state index contributed by atoms with van der Waals surface area (Å²) in [7, 11) is 0. The third-order valence-corrected chi connectivity index (χ3v) is 0.387. The monoisotopic (exact) mass is 417 g/mol. The number of carboxylic acids is 3. The van der Waals surface area contributed by atoms with Gasteiger partial charge in [0.25, 0.3) is 0 Å². The summed E-state index contributed by atoms with van der Waals surface area (Å²) < 4.78 is 0. The molecule has 98 valence electrons. The van der Waals surface area contributed by atoms with Gasteiger partial charge in [0.05, 0.1) is 37.7 Å². The zero-order chi connectivity index (χ0) is 12.9. The minimum Gasteiger partial charge on any atom is -0.548 e. The van der Waals surface area contributed by atoms with E-state index in [0.717, 1.165) is 0 Å². The fourth-order valence-electron chi connectivity index (χ4n) is 0. The summed E-state index contributed by atoms with van der Waals surface area (Å²) >= 11 is 0. The average Bonchev–Trinajstić information content (AvgIpc) is 2.19. The molecule has 0 fully saturated rings. The van der Waals surface area contributed by atoms with Gasteiger partial charge in [0.1, 0.15) is 0 Å². The summed E-state index contributed by atoms with van der Waals surface area (Å²) in [5.41, 5.74) is 0. The molecule has 0 heterocycles. The summed E-state index contributed by atoms with van der Waals surface area (Å²) in [6, 6.07) is 0. The van der Waals surface area contributed by atoms with E-state index >= 15 is 0 Å². The van der Waals surface area contributed by atoms with Crippen LogP contribution in [0.15, 0.2) is 0 Å². The van der Waals surface area contributed by atoms with Crippen LogP contribution in [0.4, 0.5) is 0 Å². The number of carbonyl (C=O) groups excluding carboxylic acids is 3. The first kappa shape index (κ1) is 24.2. The molecule has 0 aromatic heterocycles. The van der Waals surface area contributed by atoms with Crippen molar-refractivity contribution in [1.82, 2.24) is 0 Å². The number of carboxylic acid groups (broad SMARTS) is 3. The molecule has 0 aliphatic heterocycles. The molecule has 0 bridgehead atoms. The maximum absolute atomic E-state index is 9.01. The maximum Gasteiger partial charge on any atom is 0.0826 e. The van der Waals surface area contributed by atoms with Crippen molar-refractivity contribution in [3.63, 3.8) is 0 Å². The molecular weight excluding hydrogens is 406 g/mol. The van der Waals surface area contributed by atoms with Crippen molar-refractivity contribution in [2.24, 2.45) is 0 Å². The number of aliphatic carboxylic acids is 3. The van der Waals surface area contributed by atoms with Crippen molar-refractivity contribution < 1.29 is 64.8 Å². The van der Waals surface area contributed by atoms with Crippen LogP contribution in [0.2, 0.25) is 0 Å². The number of carbonyl (C=O) groups is 3. The molecule has 0 saturated heterocycles. The van der Waals surface area contributed by atoms with Crippen molar-refractivity contribution >= 4 is 17.9 Å². The van der Waals surface area contributed by atoms with E-state index in [1.54, 1.807) is 0 Å². The van der Waals surface area contributed by atoms with Crippen molar-refractivity contribution in [1.29, 1.82) is 0 Å². The normalized spacial score (nSPS) is 6.94. The van der Waals surface area contributed by atoms with E-state index in [1.165, 1.54) is 0 Å². The van der Waals surface area contributed by atoms with E-state index in [-0.39, 0.29) is 19.8 Å². The second-order valence-corrected chi connectivity index (χ2v) is 1.59. The van der Waals surface area contributed by atoms with E-state index in [2.05, 4.69) is 0 Å². The number of aliphatic hydroxyl groups is 3. The molecule has 0 rings (SSSR count). The Hall–Kier alpha value is -1.07. The number of rotatable bonds is 3. The Bertz CT molecular complexity index is 159. The van der Waals surface area contributed by atoms with Gasteiger partial charge in [-0.15, -0.1) is 0 Å². The first-order chi connectivity index (χ1) is 6.81. The van der Waals surface area contributed by atoms with Gasteiger partial charge < -0.3 is 45.0 Å². The number of hydrogen-bond donors (Lipinski definition) is 3. The minimum atomic E-state index is -1.44. The molecule has 0 saturated carbocycles. The molecule has 0 unspecified atom stereocenters. The summed E-state index contributed by atoms with van der Waals surface area (Å²) in [5.74, 6) is -4.32. The molecule has 3 N–H and O–H groups in total. The van der Waals surface area contributed by atoms with Gasteiger partial charge in [0, 0.05) is 19.8 Å². The first-order valence-electron chi connectivity index (χ1n) is 3.23. The van der Waals surface area contributed by atoms with E-state index in [1.807, 2.05) is 0 Å². The Morgan fingerprint density at radius 3 is 0.750 bits per heavy atom. The molecule has 16 heavy (non-hydrogen) atoms. The van der Waals surface area contributed by atoms with Crippen LogP contribution in [-0.4, -0.2) is 53.0 Å². The van der Waals surface area contributed by atoms with Crippen LogP contribution in [0.25, 0.3) is 0 Å². The van der Waals surface area contributed by atoms with E-state index < -0.39 is 37.7 Å². The Morgan fingerprint density at radius 2 is 0.750 bits per heavy atom. The third kappa shape index (κ3) is 75.8. The molecule has 0 radical (unpaired) electrons. The Kier molecular flexibility index (Phi) is 29.5. The molecule has 0 aliphatic carbocycles. The topological polar surface area (TPSA) is 181 Å². The largest absolute Gasteiger partial charge is 0.548 e. The predicted molar refractivity (Wildman–Crippen MR) is 36.3 cm³/mol. The SMILES string of the molecule is O=C([O-])CO.O=C([O-])CO.O=C([O-])CO.[Os]. The van der Waals surface area contributed by atoms with Crippen LogP contribution in [0.5, 0.6) is 0 Å². The Morgan fingerprint density at radius 1 is 0.688 bits per heavy atom. The van der Waals surface area contributed by atoms with Gasteiger partial charge in [-0.05, 0) is 0 Å². The van der Waals surface area contributed by atoms with Crippen LogP contribution >= 0.6 is 0 Å². The minimum absolute atomic E-state index is 0. The summed E-state index contributed by atoms with van der Waals surface area (Å²) in [6.07, 6.45) is 0. The van der Waals surface area contributed by atoms with Gasteiger partial charge in [-0.2, -0.15) is 0 Å². The van der Waals surface area contributed by atoms with Gasteiger partial charge in [0.15, 0.2) is 0 Å². The third-order valence-electron chi connectivity index (χ3n) is 0.387. The number of aliphatic hydroxyl groups excluding tert-OH is 3. The first-order valence-corrected chi connectivity index (χ1v) is 3.23. The van der Waals surface area contributed by atoms with Gasteiger partial charge in [-0.3, -0.25) is 0 Å². The molecule has 10 heteroatoms. The fourth-order valence-corrected chi connectivity index (χ4v) is 0. The van der Waals surface area contributed by atoms with E-state index in [9.17, 15) is 0 Å². The zero-order valence-corrected chi connectivity index (χ0v) is 10.3. The molecule has 0 amide bonds. The molecule has 0 aromatic carbocycles. The standard InChI is InChI=1S/3C2H4O3.Os/c3*3-1-2(4)5;/h3*3H,1H2,(H,4,5);/p-3. The summed E-state index contributed by atoms with van der Waals surface area (Å²) in [5, 5.41) is 49.5. The van der Waals surface area contributed by atoms with Crippen molar-refractivity contribution in [3.05, 3.63) is 0 Å². The molecule has 0 atom stereocenters. The van der Waals surface area contributed by atoms with Crippen LogP contribution in [-0.2, 0) is 34.2 Å². The van der Waals surface area contributed by atoms with Crippen molar-refractivity contribution in [2.75, 3.05) is 19.8 Å². The van der Waals surface area contributed by atoms with Gasteiger partial charge in [-0.25, -0.2) is 0 Å². The van der Waals surface area contributed by atoms with Crippen LogP contribution in [0.3, 0.4) is 0 Å². The Balaban J connectivity index is -0.0000000655. The van der Waals surface area contributed by atoms with Crippen molar-refractivity contribution in [2.45, 2.75) is 0 Å². The molecule has 0 spiro atoms. The smallest absolute Gasteiger partial charge is 0.0826 e.